The van der Waals surface area contributed by atoms with Crippen molar-refractivity contribution < 1.29 is 32.9 Å². The zero-order chi connectivity index (χ0) is 21.3. The minimum Gasteiger partial charge on any atom is -0.507 e. The molecule has 3 N–H and O–H groups in total. The molecular weight excluding hydrogens is 403 g/mol. The molecule has 1 aliphatic heterocycles. The first-order chi connectivity index (χ1) is 14.3. The highest BCUT2D eigenvalue weighted by atomic mass is 19.4. The van der Waals surface area contributed by atoms with Gasteiger partial charge in [0.1, 0.15) is 17.2 Å². The lowest BCUT2D eigenvalue weighted by Gasteiger charge is -2.30. The zero-order valence-corrected chi connectivity index (χ0v) is 16.1. The maximum absolute atomic E-state index is 12.4. The van der Waals surface area contributed by atoms with Gasteiger partial charge in [-0.05, 0) is 31.4 Å². The summed E-state index contributed by atoms with van der Waals surface area (Å²) in [6.07, 6.45) is -1.17. The lowest BCUT2D eigenvalue weighted by Crippen LogP contribution is -2.37. The number of ether oxygens (including phenoxy) is 2. The highest BCUT2D eigenvalue weighted by molar-refractivity contribution is 5.73. The molecule has 1 saturated carbocycles. The van der Waals surface area contributed by atoms with Gasteiger partial charge in [0.2, 0.25) is 0 Å². The molecule has 1 aromatic heterocycles. The van der Waals surface area contributed by atoms with Crippen molar-refractivity contribution in [2.24, 2.45) is 0 Å². The Labute approximate surface area is 170 Å². The van der Waals surface area contributed by atoms with E-state index in [4.69, 9.17) is 4.74 Å². The Morgan fingerprint density at radius 3 is 2.67 bits per heavy atom. The van der Waals surface area contributed by atoms with Crippen molar-refractivity contribution in [3.8, 4) is 22.8 Å². The van der Waals surface area contributed by atoms with E-state index in [1.807, 2.05) is 0 Å². The quantitative estimate of drug-likeness (QED) is 0.690. The Kier molecular flexibility index (Phi) is 5.70. The summed E-state index contributed by atoms with van der Waals surface area (Å²) in [5.74, 6) is -0.354. The normalized spacial score (nSPS) is 21.7. The Morgan fingerprint density at radius 1 is 1.13 bits per heavy atom. The number of rotatable bonds is 4. The summed E-state index contributed by atoms with van der Waals surface area (Å²) in [6, 6.07) is 3.21. The molecule has 4 rings (SSSR count). The van der Waals surface area contributed by atoms with Crippen molar-refractivity contribution in [1.82, 2.24) is 10.2 Å². The average Bonchev–Trinajstić information content (AvgIpc) is 2.69. The van der Waals surface area contributed by atoms with Crippen LogP contribution in [0.2, 0.25) is 0 Å². The monoisotopic (exact) mass is 425 g/mol. The number of aromatic nitrogens is 2. The van der Waals surface area contributed by atoms with Crippen molar-refractivity contribution in [3.05, 3.63) is 29.3 Å². The predicted molar refractivity (Wildman–Crippen MR) is 101 cm³/mol. The molecule has 0 amide bonds. The number of aromatic hydroxyl groups is 1. The van der Waals surface area contributed by atoms with Crippen molar-refractivity contribution >= 4 is 5.82 Å². The van der Waals surface area contributed by atoms with Gasteiger partial charge < -0.3 is 25.0 Å². The lowest BCUT2D eigenvalue weighted by atomic mass is 9.92. The highest BCUT2D eigenvalue weighted by Gasteiger charge is 2.32. The van der Waals surface area contributed by atoms with Crippen LogP contribution in [0, 0.1) is 0 Å². The summed E-state index contributed by atoms with van der Waals surface area (Å²) >= 11 is 0. The van der Waals surface area contributed by atoms with E-state index in [0.29, 0.717) is 30.1 Å². The topological polar surface area (TPSA) is 96.7 Å². The molecule has 2 atom stereocenters. The number of phenolic OH excluding ortho intramolecular Hbond substituents is 1. The summed E-state index contributed by atoms with van der Waals surface area (Å²) in [5.41, 5.74) is 2.17. The van der Waals surface area contributed by atoms with Gasteiger partial charge in [-0.1, -0.05) is 12.8 Å². The molecule has 162 valence electrons. The summed E-state index contributed by atoms with van der Waals surface area (Å²) in [6.45, 7) is 0.729. The maximum atomic E-state index is 12.4. The average molecular weight is 425 g/mol. The summed E-state index contributed by atoms with van der Waals surface area (Å²) in [7, 11) is 0. The van der Waals surface area contributed by atoms with E-state index in [2.05, 4.69) is 20.3 Å². The van der Waals surface area contributed by atoms with E-state index in [-0.39, 0.29) is 18.2 Å². The van der Waals surface area contributed by atoms with Gasteiger partial charge in [-0.15, -0.1) is 23.4 Å². The molecule has 7 nitrogen and oxygen atoms in total. The van der Waals surface area contributed by atoms with E-state index in [1.165, 1.54) is 6.07 Å². The third-order valence-electron chi connectivity index (χ3n) is 5.44. The van der Waals surface area contributed by atoms with Crippen LogP contribution in [0.25, 0.3) is 11.3 Å². The number of hydrogen-bond donors (Lipinski definition) is 3. The molecule has 0 unspecified atom stereocenters. The number of aliphatic hydroxyl groups is 1. The summed E-state index contributed by atoms with van der Waals surface area (Å²) in [5, 5.41) is 32.3. The van der Waals surface area contributed by atoms with Crippen LogP contribution in [-0.4, -0.2) is 45.5 Å². The molecule has 0 bridgehead atoms. The molecule has 0 saturated heterocycles. The Bertz CT molecular complexity index is 923. The number of fused-ring (bicyclic) bond motifs is 1. The minimum atomic E-state index is -4.85. The molecule has 2 aromatic rings. The number of nitrogens with one attached hydrogen (secondary N) is 1. The SMILES string of the molecule is Oc1cc(OC(F)(F)F)ccc1-c1nnc(N[C@@H]2CCCC[C@H]2O)c2c1COCC2. The van der Waals surface area contributed by atoms with Crippen molar-refractivity contribution in [2.75, 3.05) is 11.9 Å². The second-order valence-corrected chi connectivity index (χ2v) is 7.49. The van der Waals surface area contributed by atoms with Crippen LogP contribution in [0.4, 0.5) is 19.0 Å². The van der Waals surface area contributed by atoms with Gasteiger partial charge in [0.05, 0.1) is 25.4 Å². The third kappa shape index (κ3) is 4.44. The Morgan fingerprint density at radius 2 is 1.93 bits per heavy atom. The fourth-order valence-corrected chi connectivity index (χ4v) is 3.98. The van der Waals surface area contributed by atoms with Crippen LogP contribution in [0.5, 0.6) is 11.5 Å². The van der Waals surface area contributed by atoms with Crippen molar-refractivity contribution in [2.45, 2.75) is 57.2 Å². The third-order valence-corrected chi connectivity index (χ3v) is 5.44. The van der Waals surface area contributed by atoms with Gasteiger partial charge in [0, 0.05) is 22.8 Å². The Hall–Kier alpha value is -2.59. The van der Waals surface area contributed by atoms with Crippen LogP contribution in [0.3, 0.4) is 0 Å². The smallest absolute Gasteiger partial charge is 0.507 e. The molecule has 0 spiro atoms. The number of benzene rings is 1. The molecular formula is C20H22F3N3O4. The van der Waals surface area contributed by atoms with Crippen molar-refractivity contribution in [1.29, 1.82) is 0 Å². The van der Waals surface area contributed by atoms with Crippen LogP contribution < -0.4 is 10.1 Å². The van der Waals surface area contributed by atoms with Crippen LogP contribution in [-0.2, 0) is 17.8 Å². The molecule has 10 heteroatoms. The van der Waals surface area contributed by atoms with Crippen molar-refractivity contribution in [3.63, 3.8) is 0 Å². The number of halogens is 3. The first-order valence-electron chi connectivity index (χ1n) is 9.82. The number of phenols is 1. The number of aliphatic hydroxyl groups excluding tert-OH is 1. The second kappa shape index (κ2) is 8.27. The molecule has 2 heterocycles. The van der Waals surface area contributed by atoms with E-state index in [9.17, 15) is 23.4 Å². The minimum absolute atomic E-state index is 0.113. The van der Waals surface area contributed by atoms with Crippen LogP contribution in [0.1, 0.15) is 36.8 Å². The number of nitrogens with zero attached hydrogens (tertiary/aromatic N) is 2. The van der Waals surface area contributed by atoms with Gasteiger partial charge in [-0.3, -0.25) is 0 Å². The first kappa shape index (κ1) is 20.7. The second-order valence-electron chi connectivity index (χ2n) is 7.49. The van der Waals surface area contributed by atoms with E-state index in [0.717, 1.165) is 43.4 Å². The molecule has 1 aliphatic carbocycles. The number of hydrogen-bond acceptors (Lipinski definition) is 7. The fourth-order valence-electron chi connectivity index (χ4n) is 3.98. The highest BCUT2D eigenvalue weighted by Crippen LogP contribution is 2.38. The van der Waals surface area contributed by atoms with Gasteiger partial charge in [-0.25, -0.2) is 0 Å². The fraction of sp³-hybridized carbons (Fsp3) is 0.500. The Balaban J connectivity index is 1.66. The maximum Gasteiger partial charge on any atom is 0.573 e. The van der Waals surface area contributed by atoms with Crippen LogP contribution in [0.15, 0.2) is 18.2 Å². The van der Waals surface area contributed by atoms with Crippen LogP contribution >= 0.6 is 0 Å². The summed E-state index contributed by atoms with van der Waals surface area (Å²) < 4.78 is 46.7. The number of alkyl halides is 3. The zero-order valence-electron chi connectivity index (χ0n) is 16.1. The predicted octanol–water partition coefficient (Wildman–Crippen LogP) is 3.54. The largest absolute Gasteiger partial charge is 0.573 e. The van der Waals surface area contributed by atoms with E-state index in [1.54, 1.807) is 0 Å². The first-order valence-corrected chi connectivity index (χ1v) is 9.82. The molecule has 2 aliphatic rings. The van der Waals surface area contributed by atoms with Gasteiger partial charge in [-0.2, -0.15) is 0 Å². The number of anilines is 1. The van der Waals surface area contributed by atoms with Gasteiger partial charge in [0.15, 0.2) is 5.82 Å². The van der Waals surface area contributed by atoms with Gasteiger partial charge in [0.25, 0.3) is 0 Å². The standard InChI is InChI=1S/C20H22F3N3O4/c21-20(22,23)30-11-5-6-13(17(28)9-11)18-14-10-29-8-7-12(14)19(26-25-18)24-15-3-1-2-4-16(15)27/h5-6,9,15-16,27-28H,1-4,7-8,10H2,(H,24,26)/t15-,16-/m1/s1. The molecule has 1 aromatic carbocycles. The van der Waals surface area contributed by atoms with E-state index < -0.39 is 24.0 Å². The molecule has 30 heavy (non-hydrogen) atoms. The summed E-state index contributed by atoms with van der Waals surface area (Å²) in [4.78, 5) is 0. The molecule has 0 radical (unpaired) electrons. The molecule has 1 fully saturated rings. The van der Waals surface area contributed by atoms with Gasteiger partial charge >= 0.3 is 6.36 Å². The lowest BCUT2D eigenvalue weighted by molar-refractivity contribution is -0.274. The van der Waals surface area contributed by atoms with E-state index >= 15 is 0 Å².